The normalized spacial score (nSPS) is 21.9. The van der Waals surface area contributed by atoms with E-state index in [9.17, 15) is 9.59 Å². The number of quaternary nitrogens is 1. The van der Waals surface area contributed by atoms with Crippen molar-refractivity contribution in [1.82, 2.24) is 10.6 Å². The van der Waals surface area contributed by atoms with Gasteiger partial charge in [0.1, 0.15) is 0 Å². The van der Waals surface area contributed by atoms with Gasteiger partial charge in [-0.05, 0) is 18.8 Å². The van der Waals surface area contributed by atoms with Crippen molar-refractivity contribution in [3.8, 4) is 0 Å². The monoisotopic (exact) mass is 268 g/mol. The fourth-order valence-corrected chi connectivity index (χ4v) is 3.02. The lowest BCUT2D eigenvalue weighted by molar-refractivity contribution is -0.664. The third-order valence-corrected chi connectivity index (χ3v) is 4.26. The predicted molar refractivity (Wildman–Crippen MR) is 72.4 cm³/mol. The van der Waals surface area contributed by atoms with Gasteiger partial charge in [-0.25, -0.2) is 0 Å². The summed E-state index contributed by atoms with van der Waals surface area (Å²) >= 11 is 0. The van der Waals surface area contributed by atoms with Crippen LogP contribution in [0.15, 0.2) is 0 Å². The largest absolute Gasteiger partial charge is 0.348 e. The summed E-state index contributed by atoms with van der Waals surface area (Å²) in [6, 6.07) is 0.205. The first-order valence-electron chi connectivity index (χ1n) is 7.66. The molecule has 0 bridgehead atoms. The molecular weight excluding hydrogens is 242 g/mol. The lowest BCUT2D eigenvalue weighted by Crippen LogP contribution is -2.86. The van der Waals surface area contributed by atoms with E-state index in [4.69, 9.17) is 0 Å². The van der Waals surface area contributed by atoms with Crippen LogP contribution in [0.25, 0.3) is 0 Å². The minimum Gasteiger partial charge on any atom is -0.348 e. The van der Waals surface area contributed by atoms with Crippen molar-refractivity contribution in [2.24, 2.45) is 5.92 Å². The van der Waals surface area contributed by atoms with Gasteiger partial charge >= 0.3 is 11.8 Å². The van der Waals surface area contributed by atoms with Crippen LogP contribution in [0.3, 0.4) is 0 Å². The summed E-state index contributed by atoms with van der Waals surface area (Å²) in [4.78, 5) is 23.5. The van der Waals surface area contributed by atoms with Crippen LogP contribution in [0.2, 0.25) is 0 Å². The summed E-state index contributed by atoms with van der Waals surface area (Å²) in [6.45, 7) is 2.91. The molecule has 0 aromatic heterocycles. The number of hydrogen-bond donors (Lipinski definition) is 3. The topological polar surface area (TPSA) is 74.8 Å². The minimum atomic E-state index is -0.458. The second-order valence-corrected chi connectivity index (χ2v) is 5.83. The Labute approximate surface area is 114 Å². The van der Waals surface area contributed by atoms with E-state index in [2.05, 4.69) is 16.0 Å². The summed E-state index contributed by atoms with van der Waals surface area (Å²) < 4.78 is 0. The minimum absolute atomic E-state index is 0.205. The van der Waals surface area contributed by atoms with Crippen LogP contribution >= 0.6 is 0 Å². The van der Waals surface area contributed by atoms with Gasteiger partial charge in [0.15, 0.2) is 0 Å². The Morgan fingerprint density at radius 2 is 1.63 bits per heavy atom. The quantitative estimate of drug-likeness (QED) is 0.605. The number of rotatable bonds is 3. The van der Waals surface area contributed by atoms with Crippen molar-refractivity contribution in [3.05, 3.63) is 0 Å². The molecule has 1 saturated heterocycles. The fourth-order valence-electron chi connectivity index (χ4n) is 3.02. The molecule has 5 nitrogen and oxygen atoms in total. The molecule has 2 aliphatic rings. The average Bonchev–Trinajstić information content (AvgIpc) is 2.47. The number of carbonyl (C=O) groups is 2. The van der Waals surface area contributed by atoms with E-state index in [-0.39, 0.29) is 6.04 Å². The number of piperidine rings is 1. The molecule has 0 spiro atoms. The highest BCUT2D eigenvalue weighted by Crippen LogP contribution is 2.17. The molecule has 0 aromatic rings. The first-order chi connectivity index (χ1) is 9.25. The molecule has 1 saturated carbocycles. The molecule has 2 amide bonds. The molecule has 5 heteroatoms. The summed E-state index contributed by atoms with van der Waals surface area (Å²) in [5.41, 5.74) is 0. The maximum Gasteiger partial charge on any atom is 0.309 e. The van der Waals surface area contributed by atoms with E-state index < -0.39 is 11.8 Å². The molecule has 108 valence electrons. The number of amides is 2. The van der Waals surface area contributed by atoms with Gasteiger partial charge < -0.3 is 16.0 Å². The first-order valence-corrected chi connectivity index (χ1v) is 7.66. The SMILES string of the molecule is O=C(NCC1CC[NH2+]CC1)C(=O)NC1CCCCC1. The Morgan fingerprint density at radius 1 is 0.947 bits per heavy atom. The van der Waals surface area contributed by atoms with Gasteiger partial charge in [0.2, 0.25) is 0 Å². The summed E-state index contributed by atoms with van der Waals surface area (Å²) in [5.74, 6) is -0.370. The van der Waals surface area contributed by atoms with Crippen molar-refractivity contribution in [1.29, 1.82) is 0 Å². The van der Waals surface area contributed by atoms with Gasteiger partial charge in [0.05, 0.1) is 13.1 Å². The molecule has 1 aliphatic heterocycles. The lowest BCUT2D eigenvalue weighted by atomic mass is 9.95. The van der Waals surface area contributed by atoms with Gasteiger partial charge in [-0.2, -0.15) is 0 Å². The Balaban J connectivity index is 1.65. The Bertz CT molecular complexity index is 308. The maximum absolute atomic E-state index is 11.8. The van der Waals surface area contributed by atoms with Crippen LogP contribution in [-0.2, 0) is 9.59 Å². The van der Waals surface area contributed by atoms with E-state index in [1.807, 2.05) is 0 Å². The van der Waals surface area contributed by atoms with Crippen LogP contribution in [0.5, 0.6) is 0 Å². The van der Waals surface area contributed by atoms with Crippen LogP contribution in [-0.4, -0.2) is 37.5 Å². The van der Waals surface area contributed by atoms with Crippen molar-refractivity contribution < 1.29 is 14.9 Å². The highest BCUT2D eigenvalue weighted by atomic mass is 16.2. The fraction of sp³-hybridized carbons (Fsp3) is 0.857. The Kier molecular flexibility index (Phi) is 5.63. The van der Waals surface area contributed by atoms with Crippen LogP contribution in [0.1, 0.15) is 44.9 Å². The predicted octanol–water partition coefficient (Wildman–Crippen LogP) is -0.475. The number of hydrogen-bond acceptors (Lipinski definition) is 2. The Hall–Kier alpha value is -1.10. The van der Waals surface area contributed by atoms with Gasteiger partial charge in [-0.1, -0.05) is 19.3 Å². The third-order valence-electron chi connectivity index (χ3n) is 4.26. The van der Waals surface area contributed by atoms with Crippen molar-refractivity contribution in [3.63, 3.8) is 0 Å². The second-order valence-electron chi connectivity index (χ2n) is 5.83. The van der Waals surface area contributed by atoms with E-state index >= 15 is 0 Å². The van der Waals surface area contributed by atoms with Gasteiger partial charge in [0, 0.05) is 25.4 Å². The molecule has 0 unspecified atom stereocenters. The molecule has 0 atom stereocenters. The average molecular weight is 268 g/mol. The maximum atomic E-state index is 11.8. The Morgan fingerprint density at radius 3 is 2.32 bits per heavy atom. The van der Waals surface area contributed by atoms with E-state index in [0.717, 1.165) is 51.6 Å². The highest BCUT2D eigenvalue weighted by molar-refractivity contribution is 6.35. The number of nitrogens with one attached hydrogen (secondary N) is 2. The summed E-state index contributed by atoms with van der Waals surface area (Å²) in [5, 5.41) is 7.93. The van der Waals surface area contributed by atoms with Crippen LogP contribution in [0, 0.1) is 5.92 Å². The van der Waals surface area contributed by atoms with Crippen LogP contribution < -0.4 is 16.0 Å². The molecular formula is C14H26N3O2+. The van der Waals surface area contributed by atoms with Crippen molar-refractivity contribution >= 4 is 11.8 Å². The van der Waals surface area contributed by atoms with E-state index in [1.54, 1.807) is 0 Å². The molecule has 0 aromatic carbocycles. The first kappa shape index (κ1) is 14.3. The highest BCUT2D eigenvalue weighted by Gasteiger charge is 2.22. The zero-order chi connectivity index (χ0) is 13.5. The molecule has 2 rings (SSSR count). The summed E-state index contributed by atoms with van der Waals surface area (Å²) in [7, 11) is 0. The van der Waals surface area contributed by atoms with E-state index in [0.29, 0.717) is 12.5 Å². The molecule has 4 N–H and O–H groups in total. The van der Waals surface area contributed by atoms with E-state index in [1.165, 1.54) is 6.42 Å². The second kappa shape index (κ2) is 7.48. The van der Waals surface area contributed by atoms with Crippen molar-refractivity contribution in [2.45, 2.75) is 51.0 Å². The zero-order valence-corrected chi connectivity index (χ0v) is 11.6. The molecule has 19 heavy (non-hydrogen) atoms. The molecule has 1 aliphatic carbocycles. The molecule has 0 radical (unpaired) electrons. The smallest absolute Gasteiger partial charge is 0.309 e. The number of nitrogens with two attached hydrogens (primary N) is 1. The van der Waals surface area contributed by atoms with Crippen molar-refractivity contribution in [2.75, 3.05) is 19.6 Å². The van der Waals surface area contributed by atoms with Crippen LogP contribution in [0.4, 0.5) is 0 Å². The number of carbonyl (C=O) groups excluding carboxylic acids is 2. The standard InChI is InChI=1S/C14H25N3O2/c18-13(16-10-11-6-8-15-9-7-11)14(19)17-12-4-2-1-3-5-12/h11-12,15H,1-10H2,(H,16,18)(H,17,19)/p+1. The van der Waals surface area contributed by atoms with Gasteiger partial charge in [-0.3, -0.25) is 9.59 Å². The summed E-state index contributed by atoms with van der Waals surface area (Å²) in [6.07, 6.45) is 7.84. The molecule has 1 heterocycles. The van der Waals surface area contributed by atoms with Gasteiger partial charge in [-0.15, -0.1) is 0 Å². The molecule has 2 fully saturated rings. The van der Waals surface area contributed by atoms with Gasteiger partial charge in [0.25, 0.3) is 0 Å². The third kappa shape index (κ3) is 4.82. The zero-order valence-electron chi connectivity index (χ0n) is 11.6. The lowest BCUT2D eigenvalue weighted by Gasteiger charge is -2.23.